The van der Waals surface area contributed by atoms with Gasteiger partial charge in [0.15, 0.2) is 5.82 Å². The topological polar surface area (TPSA) is 66.9 Å². The Morgan fingerprint density at radius 1 is 1.28 bits per heavy atom. The molecule has 2 N–H and O–H groups in total. The van der Waals surface area contributed by atoms with E-state index in [0.29, 0.717) is 11.4 Å². The van der Waals surface area contributed by atoms with Crippen LogP contribution in [-0.4, -0.2) is 22.9 Å². The normalized spacial score (nSPS) is 9.89. The average Bonchev–Trinajstić information content (AvgIpc) is 2.39. The SMILES string of the molecule is CNc1cc(C)ccc1C(=O)Nc1cnccn1. The molecule has 1 heterocycles. The lowest BCUT2D eigenvalue weighted by atomic mass is 10.1. The number of aromatic nitrogens is 2. The summed E-state index contributed by atoms with van der Waals surface area (Å²) in [6.07, 6.45) is 4.59. The number of carbonyl (C=O) groups excluding carboxylic acids is 1. The summed E-state index contributed by atoms with van der Waals surface area (Å²) in [4.78, 5) is 20.0. The fraction of sp³-hybridized carbons (Fsp3) is 0.154. The van der Waals surface area contributed by atoms with Gasteiger partial charge >= 0.3 is 0 Å². The van der Waals surface area contributed by atoms with Gasteiger partial charge in [0.05, 0.1) is 11.8 Å². The maximum Gasteiger partial charge on any atom is 0.258 e. The molecule has 0 spiro atoms. The largest absolute Gasteiger partial charge is 0.387 e. The molecule has 0 bridgehead atoms. The van der Waals surface area contributed by atoms with Gasteiger partial charge < -0.3 is 10.6 Å². The Morgan fingerprint density at radius 2 is 2.11 bits per heavy atom. The van der Waals surface area contributed by atoms with Gasteiger partial charge in [0, 0.05) is 25.1 Å². The van der Waals surface area contributed by atoms with E-state index in [4.69, 9.17) is 0 Å². The van der Waals surface area contributed by atoms with Crippen molar-refractivity contribution in [3.05, 3.63) is 47.9 Å². The third-order valence-corrected chi connectivity index (χ3v) is 2.49. The van der Waals surface area contributed by atoms with E-state index in [2.05, 4.69) is 20.6 Å². The van der Waals surface area contributed by atoms with Gasteiger partial charge in [-0.2, -0.15) is 0 Å². The molecule has 0 radical (unpaired) electrons. The van der Waals surface area contributed by atoms with Gasteiger partial charge in [-0.1, -0.05) is 6.07 Å². The molecule has 0 aliphatic carbocycles. The maximum absolute atomic E-state index is 12.1. The number of anilines is 2. The molecular formula is C13H14N4O. The molecule has 2 rings (SSSR count). The fourth-order valence-electron chi connectivity index (χ4n) is 1.61. The molecule has 0 fully saturated rings. The van der Waals surface area contributed by atoms with E-state index in [1.165, 1.54) is 12.4 Å². The first kappa shape index (κ1) is 12.0. The lowest BCUT2D eigenvalue weighted by Crippen LogP contribution is -2.15. The standard InChI is InChI=1S/C13H14N4O/c1-9-3-4-10(11(7-9)14-2)13(18)17-12-8-15-5-6-16-12/h3-8,14H,1-2H3,(H,16,17,18). The van der Waals surface area contributed by atoms with Crippen LogP contribution in [-0.2, 0) is 0 Å². The first-order valence-electron chi connectivity index (χ1n) is 5.56. The Kier molecular flexibility index (Phi) is 3.52. The number of nitrogens with zero attached hydrogens (tertiary/aromatic N) is 2. The number of nitrogens with one attached hydrogen (secondary N) is 2. The van der Waals surface area contributed by atoms with Crippen LogP contribution >= 0.6 is 0 Å². The van der Waals surface area contributed by atoms with Crippen molar-refractivity contribution in [3.63, 3.8) is 0 Å². The molecule has 1 aromatic carbocycles. The zero-order chi connectivity index (χ0) is 13.0. The number of aryl methyl sites for hydroxylation is 1. The minimum absolute atomic E-state index is 0.208. The molecule has 0 saturated carbocycles. The third-order valence-electron chi connectivity index (χ3n) is 2.49. The number of hydrogen-bond donors (Lipinski definition) is 2. The molecule has 5 nitrogen and oxygen atoms in total. The highest BCUT2D eigenvalue weighted by Gasteiger charge is 2.11. The van der Waals surface area contributed by atoms with Crippen LogP contribution in [0.3, 0.4) is 0 Å². The summed E-state index contributed by atoms with van der Waals surface area (Å²) < 4.78 is 0. The Hall–Kier alpha value is -2.43. The Bertz CT molecular complexity index is 554. The smallest absolute Gasteiger partial charge is 0.258 e. The van der Waals surface area contributed by atoms with Crippen molar-refractivity contribution >= 4 is 17.4 Å². The predicted octanol–water partition coefficient (Wildman–Crippen LogP) is 2.08. The molecule has 0 aliphatic heterocycles. The summed E-state index contributed by atoms with van der Waals surface area (Å²) in [5.41, 5.74) is 2.46. The van der Waals surface area contributed by atoms with E-state index in [1.807, 2.05) is 19.1 Å². The van der Waals surface area contributed by atoms with E-state index < -0.39 is 0 Å². The van der Waals surface area contributed by atoms with Crippen molar-refractivity contribution in [2.75, 3.05) is 17.7 Å². The average molecular weight is 242 g/mol. The van der Waals surface area contributed by atoms with E-state index in [-0.39, 0.29) is 5.91 Å². The number of benzene rings is 1. The van der Waals surface area contributed by atoms with E-state index in [0.717, 1.165) is 11.3 Å². The highest BCUT2D eigenvalue weighted by Crippen LogP contribution is 2.18. The quantitative estimate of drug-likeness (QED) is 0.864. The fourth-order valence-corrected chi connectivity index (χ4v) is 1.61. The molecule has 1 aromatic heterocycles. The van der Waals surface area contributed by atoms with Crippen LogP contribution in [0.1, 0.15) is 15.9 Å². The molecule has 18 heavy (non-hydrogen) atoms. The molecule has 5 heteroatoms. The highest BCUT2D eigenvalue weighted by atomic mass is 16.1. The Balaban J connectivity index is 2.24. The van der Waals surface area contributed by atoms with Gasteiger partial charge in [-0.15, -0.1) is 0 Å². The second kappa shape index (κ2) is 5.27. The summed E-state index contributed by atoms with van der Waals surface area (Å²) in [6.45, 7) is 1.98. The van der Waals surface area contributed by atoms with Crippen molar-refractivity contribution < 1.29 is 4.79 Å². The summed E-state index contributed by atoms with van der Waals surface area (Å²) >= 11 is 0. The molecule has 2 aromatic rings. The molecule has 0 saturated heterocycles. The third kappa shape index (κ3) is 2.63. The summed E-state index contributed by atoms with van der Waals surface area (Å²) in [6, 6.07) is 5.60. The van der Waals surface area contributed by atoms with Crippen LogP contribution in [0.2, 0.25) is 0 Å². The Morgan fingerprint density at radius 3 is 2.78 bits per heavy atom. The monoisotopic (exact) mass is 242 g/mol. The van der Waals surface area contributed by atoms with Crippen LogP contribution in [0.5, 0.6) is 0 Å². The van der Waals surface area contributed by atoms with E-state index in [1.54, 1.807) is 19.3 Å². The van der Waals surface area contributed by atoms with Crippen molar-refractivity contribution in [1.29, 1.82) is 0 Å². The predicted molar refractivity (Wildman–Crippen MR) is 70.7 cm³/mol. The van der Waals surface area contributed by atoms with Crippen molar-refractivity contribution in [2.45, 2.75) is 6.92 Å². The van der Waals surface area contributed by atoms with Gasteiger partial charge in [-0.05, 0) is 24.6 Å². The minimum atomic E-state index is -0.208. The molecular weight excluding hydrogens is 228 g/mol. The first-order valence-corrected chi connectivity index (χ1v) is 5.56. The summed E-state index contributed by atoms with van der Waals surface area (Å²) in [7, 11) is 1.79. The molecule has 0 unspecified atom stereocenters. The van der Waals surface area contributed by atoms with Crippen molar-refractivity contribution in [3.8, 4) is 0 Å². The van der Waals surface area contributed by atoms with Gasteiger partial charge in [0.1, 0.15) is 0 Å². The lowest BCUT2D eigenvalue weighted by Gasteiger charge is -2.10. The maximum atomic E-state index is 12.1. The van der Waals surface area contributed by atoms with Gasteiger partial charge in [-0.3, -0.25) is 9.78 Å². The van der Waals surface area contributed by atoms with Crippen LogP contribution in [0.15, 0.2) is 36.8 Å². The second-order valence-corrected chi connectivity index (χ2v) is 3.84. The van der Waals surface area contributed by atoms with Crippen LogP contribution in [0.25, 0.3) is 0 Å². The van der Waals surface area contributed by atoms with Crippen molar-refractivity contribution in [1.82, 2.24) is 9.97 Å². The highest BCUT2D eigenvalue weighted by molar-refractivity contribution is 6.07. The zero-order valence-corrected chi connectivity index (χ0v) is 10.3. The zero-order valence-electron chi connectivity index (χ0n) is 10.3. The van der Waals surface area contributed by atoms with Gasteiger partial charge in [-0.25, -0.2) is 4.98 Å². The number of rotatable bonds is 3. The molecule has 1 amide bonds. The molecule has 0 aliphatic rings. The number of amides is 1. The lowest BCUT2D eigenvalue weighted by molar-refractivity contribution is 0.102. The van der Waals surface area contributed by atoms with E-state index in [9.17, 15) is 4.79 Å². The minimum Gasteiger partial charge on any atom is -0.387 e. The summed E-state index contributed by atoms with van der Waals surface area (Å²) in [5.74, 6) is 0.227. The van der Waals surface area contributed by atoms with Crippen LogP contribution in [0.4, 0.5) is 11.5 Å². The van der Waals surface area contributed by atoms with Crippen molar-refractivity contribution in [2.24, 2.45) is 0 Å². The number of carbonyl (C=O) groups is 1. The van der Waals surface area contributed by atoms with Gasteiger partial charge in [0.2, 0.25) is 0 Å². The van der Waals surface area contributed by atoms with E-state index >= 15 is 0 Å². The summed E-state index contributed by atoms with van der Waals surface area (Å²) in [5, 5.41) is 5.71. The van der Waals surface area contributed by atoms with Gasteiger partial charge in [0.25, 0.3) is 5.91 Å². The first-order chi connectivity index (χ1) is 8.70. The second-order valence-electron chi connectivity index (χ2n) is 3.84. The molecule has 92 valence electrons. The Labute approximate surface area is 105 Å². The van der Waals surface area contributed by atoms with Crippen LogP contribution in [0, 0.1) is 6.92 Å². The number of hydrogen-bond acceptors (Lipinski definition) is 4. The van der Waals surface area contributed by atoms with Crippen LogP contribution < -0.4 is 10.6 Å². The molecule has 0 atom stereocenters.